The number of nitro groups is 1. The van der Waals surface area contributed by atoms with Crippen LogP contribution in [0.1, 0.15) is 0 Å². The molecular formula is C9H6F2N4O2. The number of aromatic nitrogens is 2. The van der Waals surface area contributed by atoms with Gasteiger partial charge in [-0.15, -0.1) is 0 Å². The van der Waals surface area contributed by atoms with E-state index < -0.39 is 22.2 Å². The fourth-order valence-electron chi connectivity index (χ4n) is 1.33. The lowest BCUT2D eigenvalue weighted by Gasteiger charge is -2.04. The molecule has 6 nitrogen and oxygen atoms in total. The summed E-state index contributed by atoms with van der Waals surface area (Å²) >= 11 is 0. The number of nitrogen functional groups attached to an aromatic ring is 1. The highest BCUT2D eigenvalue weighted by molar-refractivity contribution is 5.56. The maximum absolute atomic E-state index is 13.4. The first-order valence-corrected chi connectivity index (χ1v) is 4.44. The van der Waals surface area contributed by atoms with E-state index in [0.29, 0.717) is 6.07 Å². The predicted octanol–water partition coefficient (Wildman–Crippen LogP) is 1.64. The van der Waals surface area contributed by atoms with Crippen molar-refractivity contribution in [2.45, 2.75) is 0 Å². The van der Waals surface area contributed by atoms with E-state index >= 15 is 0 Å². The Balaban J connectivity index is 2.57. The van der Waals surface area contributed by atoms with E-state index in [1.807, 2.05) is 0 Å². The fraction of sp³-hybridized carbons (Fsp3) is 0. The smallest absolute Gasteiger partial charge is 0.331 e. The summed E-state index contributed by atoms with van der Waals surface area (Å²) in [7, 11) is 0. The highest BCUT2D eigenvalue weighted by Gasteiger charge is 2.20. The van der Waals surface area contributed by atoms with Crippen LogP contribution in [-0.2, 0) is 0 Å². The molecule has 8 heteroatoms. The first kappa shape index (κ1) is 11.0. The lowest BCUT2D eigenvalue weighted by atomic mass is 10.3. The van der Waals surface area contributed by atoms with Gasteiger partial charge in [0, 0.05) is 6.07 Å². The van der Waals surface area contributed by atoms with Gasteiger partial charge in [0.15, 0.2) is 5.82 Å². The monoisotopic (exact) mass is 240 g/mol. The fourth-order valence-corrected chi connectivity index (χ4v) is 1.33. The summed E-state index contributed by atoms with van der Waals surface area (Å²) in [5.74, 6) is -1.98. The Morgan fingerprint density at radius 1 is 1.41 bits per heavy atom. The number of hydrogen-bond acceptors (Lipinski definition) is 4. The van der Waals surface area contributed by atoms with E-state index in [0.717, 1.165) is 23.0 Å². The van der Waals surface area contributed by atoms with Gasteiger partial charge in [-0.25, -0.2) is 13.5 Å². The molecule has 0 amide bonds. The molecule has 0 radical (unpaired) electrons. The molecular weight excluding hydrogens is 234 g/mol. The van der Waals surface area contributed by atoms with Gasteiger partial charge in [0.1, 0.15) is 17.7 Å². The molecule has 0 aliphatic heterocycles. The van der Waals surface area contributed by atoms with Gasteiger partial charge < -0.3 is 5.73 Å². The average molecular weight is 240 g/mol. The number of benzene rings is 1. The van der Waals surface area contributed by atoms with Crippen molar-refractivity contribution < 1.29 is 13.7 Å². The topological polar surface area (TPSA) is 87.0 Å². The quantitative estimate of drug-likeness (QED) is 0.638. The summed E-state index contributed by atoms with van der Waals surface area (Å²) < 4.78 is 26.9. The molecule has 2 aromatic rings. The molecule has 1 aromatic heterocycles. The van der Waals surface area contributed by atoms with E-state index in [1.165, 1.54) is 0 Å². The number of hydrogen-bond donors (Lipinski definition) is 1. The van der Waals surface area contributed by atoms with Crippen molar-refractivity contribution in [3.05, 3.63) is 46.1 Å². The minimum atomic E-state index is -0.908. The second kappa shape index (κ2) is 3.81. The number of nitrogens with zero attached hydrogens (tertiary/aromatic N) is 3. The summed E-state index contributed by atoms with van der Waals surface area (Å²) in [6.45, 7) is 0. The predicted molar refractivity (Wildman–Crippen MR) is 54.5 cm³/mol. The molecule has 0 aliphatic carbocycles. The Labute approximate surface area is 93.4 Å². The molecule has 17 heavy (non-hydrogen) atoms. The number of halogens is 2. The van der Waals surface area contributed by atoms with Crippen LogP contribution in [0, 0.1) is 21.7 Å². The van der Waals surface area contributed by atoms with Gasteiger partial charge in [-0.3, -0.25) is 10.1 Å². The van der Waals surface area contributed by atoms with Crippen LogP contribution in [0.25, 0.3) is 5.69 Å². The summed E-state index contributed by atoms with van der Waals surface area (Å²) in [5, 5.41) is 14.1. The minimum absolute atomic E-state index is 0.156. The molecule has 1 heterocycles. The lowest BCUT2D eigenvalue weighted by molar-refractivity contribution is -0.383. The van der Waals surface area contributed by atoms with Crippen molar-refractivity contribution >= 4 is 11.5 Å². The average Bonchev–Trinajstić information content (AvgIpc) is 2.60. The summed E-state index contributed by atoms with van der Waals surface area (Å²) in [5.41, 5.74) is 4.85. The maximum Gasteiger partial charge on any atom is 0.331 e. The summed E-state index contributed by atoms with van der Waals surface area (Å²) in [4.78, 5) is 9.79. The molecule has 0 atom stereocenters. The zero-order chi connectivity index (χ0) is 12.6. The highest BCUT2D eigenvalue weighted by Crippen LogP contribution is 2.24. The maximum atomic E-state index is 13.4. The van der Waals surface area contributed by atoms with Crippen molar-refractivity contribution in [2.24, 2.45) is 0 Å². The van der Waals surface area contributed by atoms with Crippen molar-refractivity contribution in [1.82, 2.24) is 9.78 Å². The molecule has 1 aromatic carbocycles. The van der Waals surface area contributed by atoms with Gasteiger partial charge in [0.25, 0.3) is 0 Å². The number of anilines is 1. The van der Waals surface area contributed by atoms with E-state index in [1.54, 1.807) is 0 Å². The van der Waals surface area contributed by atoms with Crippen LogP contribution in [0.4, 0.5) is 20.3 Å². The Bertz CT molecular complexity index is 597. The second-order valence-corrected chi connectivity index (χ2v) is 3.18. The van der Waals surface area contributed by atoms with Crippen molar-refractivity contribution in [3.63, 3.8) is 0 Å². The minimum Gasteiger partial charge on any atom is -0.378 e. The molecule has 0 bridgehead atoms. The van der Waals surface area contributed by atoms with Gasteiger partial charge in [-0.1, -0.05) is 0 Å². The van der Waals surface area contributed by atoms with Gasteiger partial charge in [-0.2, -0.15) is 5.10 Å². The van der Waals surface area contributed by atoms with E-state index in [-0.39, 0.29) is 11.5 Å². The van der Waals surface area contributed by atoms with Gasteiger partial charge >= 0.3 is 5.69 Å². The zero-order valence-corrected chi connectivity index (χ0v) is 8.30. The van der Waals surface area contributed by atoms with Gasteiger partial charge in [0.2, 0.25) is 5.82 Å². The van der Waals surface area contributed by atoms with Crippen LogP contribution < -0.4 is 5.73 Å². The molecule has 0 fully saturated rings. The summed E-state index contributed by atoms with van der Waals surface area (Å²) in [6, 6.07) is 2.74. The van der Waals surface area contributed by atoms with Crippen LogP contribution in [0.5, 0.6) is 0 Å². The third-order valence-electron chi connectivity index (χ3n) is 2.12. The first-order chi connectivity index (χ1) is 8.00. The Morgan fingerprint density at radius 3 is 2.65 bits per heavy atom. The summed E-state index contributed by atoms with van der Waals surface area (Å²) in [6.07, 6.45) is 0.901. The Kier molecular flexibility index (Phi) is 2.47. The number of nitrogens with two attached hydrogens (primary N) is 1. The van der Waals surface area contributed by atoms with Crippen LogP contribution in [0.15, 0.2) is 24.4 Å². The molecule has 0 saturated carbocycles. The largest absolute Gasteiger partial charge is 0.378 e. The van der Waals surface area contributed by atoms with E-state index in [4.69, 9.17) is 5.73 Å². The van der Waals surface area contributed by atoms with Gasteiger partial charge in [-0.05, 0) is 12.1 Å². The molecule has 2 N–H and O–H groups in total. The SMILES string of the molecule is Nc1c([N+](=O)[O-])cnn1-c1ccc(F)cc1F. The second-order valence-electron chi connectivity index (χ2n) is 3.18. The Morgan fingerprint density at radius 2 is 2.12 bits per heavy atom. The van der Waals surface area contributed by atoms with Crippen molar-refractivity contribution in [1.29, 1.82) is 0 Å². The molecule has 0 saturated heterocycles. The third-order valence-corrected chi connectivity index (χ3v) is 2.12. The van der Waals surface area contributed by atoms with Crippen molar-refractivity contribution in [3.8, 4) is 5.69 Å². The van der Waals surface area contributed by atoms with Gasteiger partial charge in [0.05, 0.1) is 4.92 Å². The molecule has 0 unspecified atom stereocenters. The van der Waals surface area contributed by atoms with Crippen LogP contribution in [-0.4, -0.2) is 14.7 Å². The first-order valence-electron chi connectivity index (χ1n) is 4.44. The Hall–Kier alpha value is -2.51. The highest BCUT2D eigenvalue weighted by atomic mass is 19.1. The number of rotatable bonds is 2. The molecule has 0 aliphatic rings. The van der Waals surface area contributed by atoms with E-state index in [9.17, 15) is 18.9 Å². The van der Waals surface area contributed by atoms with Crippen LogP contribution >= 0.6 is 0 Å². The van der Waals surface area contributed by atoms with Crippen LogP contribution in [0.2, 0.25) is 0 Å². The zero-order valence-electron chi connectivity index (χ0n) is 8.30. The third kappa shape index (κ3) is 1.80. The molecule has 88 valence electrons. The normalized spacial score (nSPS) is 10.5. The standard InChI is InChI=1S/C9H6F2N4O2/c10-5-1-2-7(6(11)3-5)14-9(12)8(4-13-14)15(16)17/h1-4H,12H2. The molecule has 0 spiro atoms. The lowest BCUT2D eigenvalue weighted by Crippen LogP contribution is -2.05. The van der Waals surface area contributed by atoms with E-state index in [2.05, 4.69) is 5.10 Å². The van der Waals surface area contributed by atoms with Crippen molar-refractivity contribution in [2.75, 3.05) is 5.73 Å². The van der Waals surface area contributed by atoms with Crippen LogP contribution in [0.3, 0.4) is 0 Å². The molecule has 2 rings (SSSR count).